The van der Waals surface area contributed by atoms with Crippen LogP contribution in [0.1, 0.15) is 41.9 Å². The summed E-state index contributed by atoms with van der Waals surface area (Å²) in [6.07, 6.45) is 1.19. The number of hydrogen-bond acceptors (Lipinski definition) is 7. The number of aryl methyl sites for hydroxylation is 1. The number of piperazine rings is 1. The fraction of sp³-hybridized carbons (Fsp3) is 0.385. The van der Waals surface area contributed by atoms with Gasteiger partial charge in [0.2, 0.25) is 5.91 Å². The number of carbonyl (C=O) groups excluding carboxylic acids is 3. The summed E-state index contributed by atoms with van der Waals surface area (Å²) in [6.45, 7) is 6.86. The molecule has 1 N–H and O–H groups in total. The largest absolute Gasteiger partial charge is 0.482 e. The molecule has 1 unspecified atom stereocenters. The van der Waals surface area contributed by atoms with Gasteiger partial charge in [0, 0.05) is 32.4 Å². The van der Waals surface area contributed by atoms with E-state index in [1.807, 2.05) is 0 Å². The van der Waals surface area contributed by atoms with Gasteiger partial charge in [0.15, 0.2) is 11.5 Å². The molecule has 4 rings (SSSR count). The summed E-state index contributed by atoms with van der Waals surface area (Å²) in [7, 11) is 0. The molecule has 1 fully saturated rings. The topological polar surface area (TPSA) is 119 Å². The molecule has 1 saturated heterocycles. The summed E-state index contributed by atoms with van der Waals surface area (Å²) in [4.78, 5) is 41.2. The molecule has 42 heavy (non-hydrogen) atoms. The number of nitrogens with zero attached hydrogens (tertiary/aromatic N) is 4. The number of rotatable bonds is 8. The Morgan fingerprint density at radius 1 is 0.976 bits per heavy atom. The van der Waals surface area contributed by atoms with Crippen LogP contribution in [0, 0.1) is 6.92 Å². The van der Waals surface area contributed by atoms with Gasteiger partial charge in [0.05, 0.1) is 33.1 Å². The molecule has 0 bridgehead atoms. The molecule has 3 heterocycles. The van der Waals surface area contributed by atoms with Crippen molar-refractivity contribution in [1.82, 2.24) is 19.6 Å². The lowest BCUT2D eigenvalue weighted by atomic mass is 10.2. The van der Waals surface area contributed by atoms with Crippen molar-refractivity contribution in [2.24, 2.45) is 0 Å². The molecule has 0 saturated carbocycles. The van der Waals surface area contributed by atoms with Gasteiger partial charge >= 0.3 is 6.09 Å². The Balaban J connectivity index is 1.36. The zero-order chi connectivity index (χ0) is 30.7. The molecule has 1 aliphatic rings. The van der Waals surface area contributed by atoms with Crippen molar-refractivity contribution >= 4 is 81.6 Å². The second-order valence-electron chi connectivity index (χ2n) is 9.20. The van der Waals surface area contributed by atoms with Gasteiger partial charge in [0.25, 0.3) is 5.91 Å². The van der Waals surface area contributed by atoms with Crippen molar-refractivity contribution in [3.05, 3.63) is 60.7 Å². The minimum absolute atomic E-state index is 0.00360. The van der Waals surface area contributed by atoms with Crippen LogP contribution in [0.2, 0.25) is 25.1 Å². The Morgan fingerprint density at radius 3 is 2.19 bits per heavy atom. The number of ether oxygens (including phenoxy) is 2. The van der Waals surface area contributed by atoms with Gasteiger partial charge in [0.1, 0.15) is 28.5 Å². The van der Waals surface area contributed by atoms with E-state index in [4.69, 9.17) is 71.9 Å². The molecule has 0 aliphatic carbocycles. The van der Waals surface area contributed by atoms with Crippen LogP contribution in [-0.2, 0) is 16.1 Å². The smallest absolute Gasteiger partial charge is 0.409 e. The number of aromatic nitrogens is 2. The van der Waals surface area contributed by atoms with Crippen molar-refractivity contribution in [3.63, 3.8) is 0 Å². The SMILES string of the molecule is CCOC(=O)N1CCN(C(=O)C(C)n2cc(NC(=O)c3ccc(COc4c(Cl)c(Cl)c(Cl)c(Cl)c4Cl)o3)c(C)n2)CC1. The minimum Gasteiger partial charge on any atom is -0.482 e. The van der Waals surface area contributed by atoms with E-state index in [2.05, 4.69) is 10.4 Å². The molecule has 0 spiro atoms. The molecule has 1 aliphatic heterocycles. The summed E-state index contributed by atoms with van der Waals surface area (Å²) in [6, 6.07) is 2.39. The summed E-state index contributed by atoms with van der Waals surface area (Å²) in [5.41, 5.74) is 0.913. The zero-order valence-corrected chi connectivity index (χ0v) is 26.5. The first-order chi connectivity index (χ1) is 19.9. The van der Waals surface area contributed by atoms with Gasteiger partial charge in [-0.2, -0.15) is 5.10 Å². The van der Waals surface area contributed by atoms with Crippen molar-refractivity contribution in [2.75, 3.05) is 38.1 Å². The van der Waals surface area contributed by atoms with E-state index in [1.54, 1.807) is 42.8 Å². The maximum absolute atomic E-state index is 13.1. The number of anilines is 1. The van der Waals surface area contributed by atoms with Gasteiger partial charge in [-0.3, -0.25) is 14.3 Å². The highest BCUT2D eigenvalue weighted by Gasteiger charge is 2.29. The number of hydrogen-bond donors (Lipinski definition) is 1. The fourth-order valence-electron chi connectivity index (χ4n) is 4.12. The van der Waals surface area contributed by atoms with Crippen LogP contribution in [0.4, 0.5) is 10.5 Å². The molecule has 1 atom stereocenters. The third-order valence-corrected chi connectivity index (χ3v) is 8.69. The van der Waals surface area contributed by atoms with Gasteiger partial charge in [-0.15, -0.1) is 0 Å². The third-order valence-electron chi connectivity index (χ3n) is 6.45. The predicted molar refractivity (Wildman–Crippen MR) is 159 cm³/mol. The average Bonchev–Trinajstić information content (AvgIpc) is 3.61. The van der Waals surface area contributed by atoms with E-state index in [0.29, 0.717) is 49.9 Å². The maximum atomic E-state index is 13.1. The summed E-state index contributed by atoms with van der Waals surface area (Å²) < 4.78 is 17.8. The van der Waals surface area contributed by atoms with Crippen molar-refractivity contribution in [1.29, 1.82) is 0 Å². The van der Waals surface area contributed by atoms with Gasteiger partial charge in [-0.25, -0.2) is 4.79 Å². The number of amides is 3. The molecule has 3 aromatic rings. The second kappa shape index (κ2) is 13.6. The Bertz CT molecular complexity index is 1470. The van der Waals surface area contributed by atoms with Crippen LogP contribution in [0.5, 0.6) is 5.75 Å². The van der Waals surface area contributed by atoms with Crippen molar-refractivity contribution in [3.8, 4) is 5.75 Å². The molecule has 16 heteroatoms. The number of benzene rings is 1. The van der Waals surface area contributed by atoms with Crippen molar-refractivity contribution in [2.45, 2.75) is 33.4 Å². The first-order valence-electron chi connectivity index (χ1n) is 12.7. The predicted octanol–water partition coefficient (Wildman–Crippen LogP) is 6.74. The molecule has 3 amide bonds. The Labute approximate surface area is 266 Å². The summed E-state index contributed by atoms with van der Waals surface area (Å²) in [5, 5.41) is 7.11. The van der Waals surface area contributed by atoms with E-state index in [-0.39, 0.29) is 55.2 Å². The molecule has 0 radical (unpaired) electrons. The maximum Gasteiger partial charge on any atom is 0.409 e. The summed E-state index contributed by atoms with van der Waals surface area (Å²) >= 11 is 30.5. The van der Waals surface area contributed by atoms with E-state index in [0.717, 1.165) is 0 Å². The van der Waals surface area contributed by atoms with Crippen LogP contribution >= 0.6 is 58.0 Å². The highest BCUT2D eigenvalue weighted by molar-refractivity contribution is 6.55. The fourth-order valence-corrected chi connectivity index (χ4v) is 5.35. The van der Waals surface area contributed by atoms with Gasteiger partial charge < -0.3 is 29.0 Å². The Kier molecular flexibility index (Phi) is 10.4. The second-order valence-corrected chi connectivity index (χ2v) is 11.1. The first-order valence-corrected chi connectivity index (χ1v) is 14.6. The number of furan rings is 1. The lowest BCUT2D eigenvalue weighted by molar-refractivity contribution is -0.136. The number of halogens is 5. The van der Waals surface area contributed by atoms with Crippen LogP contribution in [0.15, 0.2) is 22.7 Å². The van der Waals surface area contributed by atoms with Gasteiger partial charge in [-0.05, 0) is 32.9 Å². The molecule has 11 nitrogen and oxygen atoms in total. The average molecular weight is 682 g/mol. The van der Waals surface area contributed by atoms with E-state index >= 15 is 0 Å². The lowest BCUT2D eigenvalue weighted by Crippen LogP contribution is -2.52. The summed E-state index contributed by atoms with van der Waals surface area (Å²) in [5.74, 6) is -0.366. The van der Waals surface area contributed by atoms with Crippen LogP contribution < -0.4 is 10.1 Å². The highest BCUT2D eigenvalue weighted by Crippen LogP contribution is 2.48. The molecule has 1 aromatic carbocycles. The third kappa shape index (κ3) is 6.86. The Morgan fingerprint density at radius 2 is 1.57 bits per heavy atom. The van der Waals surface area contributed by atoms with Crippen molar-refractivity contribution < 1.29 is 28.3 Å². The van der Waals surface area contributed by atoms with Crippen LogP contribution in [0.25, 0.3) is 0 Å². The van der Waals surface area contributed by atoms with E-state index < -0.39 is 11.9 Å². The molecule has 2 aromatic heterocycles. The zero-order valence-electron chi connectivity index (χ0n) is 22.7. The van der Waals surface area contributed by atoms with E-state index in [9.17, 15) is 14.4 Å². The quantitative estimate of drug-likeness (QED) is 0.207. The van der Waals surface area contributed by atoms with Crippen LogP contribution in [-0.4, -0.2) is 70.3 Å². The molecular formula is C26H26Cl5N5O6. The Hall–Kier alpha value is -2.83. The minimum atomic E-state index is -0.635. The molecule has 226 valence electrons. The lowest BCUT2D eigenvalue weighted by Gasteiger charge is -2.35. The van der Waals surface area contributed by atoms with Gasteiger partial charge in [-0.1, -0.05) is 58.0 Å². The molecular weight excluding hydrogens is 656 g/mol. The normalized spacial score (nSPS) is 14.1. The number of nitrogens with one attached hydrogen (secondary N) is 1. The standard InChI is InChI=1S/C26H26Cl5N5O6/c1-4-40-26(39)35-9-7-34(8-10-35)25(38)14(3)36-11-16(13(2)33-36)32-24(37)17-6-5-15(42-17)12-41-23-21(30)19(28)18(27)20(29)22(23)31/h5-6,11,14H,4,7-10,12H2,1-3H3,(H,32,37). The first kappa shape index (κ1) is 32.1. The van der Waals surface area contributed by atoms with E-state index in [1.165, 1.54) is 10.7 Å². The monoisotopic (exact) mass is 679 g/mol. The highest BCUT2D eigenvalue weighted by atomic mass is 35.5. The number of carbonyl (C=O) groups is 3. The van der Waals surface area contributed by atoms with Crippen LogP contribution in [0.3, 0.4) is 0 Å².